The van der Waals surface area contributed by atoms with Crippen molar-refractivity contribution in [2.75, 3.05) is 0 Å². The summed E-state index contributed by atoms with van der Waals surface area (Å²) in [5.74, 6) is 0. The third-order valence-corrected chi connectivity index (χ3v) is 12.3. The summed E-state index contributed by atoms with van der Waals surface area (Å²) in [6, 6.07) is 25.5. The SMILES string of the molecule is [B]c1c([B])c([B])c2c(c1[B])c1c([B])c(-c3c([B])c([B])c4c(c3[B])c3c([B])c([B])c([B])c([B])c3n4-c3ccccc3-c3ccc(C(C)(C)C)cc3)c([B])c([B])c1n2-c1ccccc1. The zero-order chi connectivity index (χ0) is 44.6. The van der Waals surface area contributed by atoms with Crippen molar-refractivity contribution in [3.05, 3.63) is 84.4 Å². The molecule has 0 fully saturated rings. The van der Waals surface area contributed by atoms with Gasteiger partial charge in [-0.25, -0.2) is 0 Å². The Bertz CT molecular complexity index is 3420. The Balaban J connectivity index is 1.45. The number of para-hydroxylation sites is 2. The van der Waals surface area contributed by atoms with Gasteiger partial charge in [0.05, 0.1) is 5.69 Å². The summed E-state index contributed by atoms with van der Waals surface area (Å²) in [6.45, 7) is 6.49. The van der Waals surface area contributed by atoms with E-state index >= 15 is 0 Å². The van der Waals surface area contributed by atoms with Crippen molar-refractivity contribution in [2.45, 2.75) is 26.2 Å². The van der Waals surface area contributed by atoms with Gasteiger partial charge in [-0.15, -0.1) is 21.9 Å². The number of hydrogen-bond donors (Lipinski definition) is 0. The first-order valence-electron chi connectivity index (χ1n) is 19.7. The minimum atomic E-state index is -0.0577. The van der Waals surface area contributed by atoms with Crippen LogP contribution in [0, 0.1) is 0 Å². The van der Waals surface area contributed by atoms with Gasteiger partial charge in [0.1, 0.15) is 110 Å². The molecule has 0 aliphatic rings. The number of hydrogen-bond acceptors (Lipinski definition) is 0. The van der Waals surface area contributed by atoms with Crippen LogP contribution < -0.4 is 76.5 Å². The minimum Gasteiger partial charge on any atom is -0.311 e. The van der Waals surface area contributed by atoms with Gasteiger partial charge in [-0.2, -0.15) is 0 Å². The molecule has 2 nitrogen and oxygen atoms in total. The van der Waals surface area contributed by atoms with Crippen molar-refractivity contribution in [3.63, 3.8) is 0 Å². The Hall–Kier alpha value is -4.95. The van der Waals surface area contributed by atoms with E-state index in [0.29, 0.717) is 55.0 Å². The molecular weight excluding hydrogens is 732 g/mol. The van der Waals surface area contributed by atoms with Crippen LogP contribution in [-0.2, 0) is 5.41 Å². The maximum Gasteiger partial charge on any atom is 0.115 e. The van der Waals surface area contributed by atoms with Gasteiger partial charge in [0.25, 0.3) is 0 Å². The summed E-state index contributed by atoms with van der Waals surface area (Å²) in [5.41, 5.74) is 7.74. The van der Waals surface area contributed by atoms with E-state index in [2.05, 4.69) is 45.0 Å². The average Bonchev–Trinajstić information content (AvgIpc) is 3.81. The molecule has 0 unspecified atom stereocenters. The van der Waals surface area contributed by atoms with Gasteiger partial charge in [0.15, 0.2) is 0 Å². The van der Waals surface area contributed by atoms with Crippen LogP contribution in [0.4, 0.5) is 0 Å². The van der Waals surface area contributed by atoms with Crippen LogP contribution in [0.25, 0.3) is 77.2 Å². The van der Waals surface area contributed by atoms with Crippen molar-refractivity contribution in [1.82, 2.24) is 9.13 Å². The first-order chi connectivity index (χ1) is 29.3. The average molecular weight is 754 g/mol. The number of nitrogens with zero attached hydrogens (tertiary/aromatic N) is 2. The van der Waals surface area contributed by atoms with Crippen molar-refractivity contribution in [1.29, 1.82) is 0 Å². The normalized spacial score (nSPS) is 12.0. The Morgan fingerprint density at radius 2 is 0.710 bits per heavy atom. The van der Waals surface area contributed by atoms with Crippen LogP contribution >= 0.6 is 0 Å². The minimum absolute atomic E-state index is 0.0457. The summed E-state index contributed by atoms with van der Waals surface area (Å²) >= 11 is 0. The Morgan fingerprint density at radius 1 is 0.339 bits per heavy atom. The summed E-state index contributed by atoms with van der Waals surface area (Å²) in [4.78, 5) is 0. The number of aromatic nitrogens is 2. The van der Waals surface area contributed by atoms with Gasteiger partial charge < -0.3 is 9.13 Å². The fourth-order valence-electron chi connectivity index (χ4n) is 9.06. The van der Waals surface area contributed by atoms with Gasteiger partial charge in [-0.1, -0.05) is 136 Å². The lowest BCUT2D eigenvalue weighted by Crippen LogP contribution is -2.48. The lowest BCUT2D eigenvalue weighted by Gasteiger charge is -2.25. The highest BCUT2D eigenvalue weighted by molar-refractivity contribution is 6.72. The molecule has 0 spiro atoms. The molecule has 0 N–H and O–H groups in total. The molecule has 0 amide bonds. The first kappa shape index (κ1) is 42.4. The molecule has 28 radical (unpaired) electrons. The van der Waals surface area contributed by atoms with Gasteiger partial charge in [-0.05, 0) is 56.6 Å². The monoisotopic (exact) mass is 756 g/mol. The predicted octanol–water partition coefficient (Wildman–Crippen LogP) is -4.37. The zero-order valence-electron chi connectivity index (χ0n) is 34.5. The number of rotatable bonds is 4. The van der Waals surface area contributed by atoms with Crippen molar-refractivity contribution in [2.24, 2.45) is 0 Å². The molecule has 0 atom stereocenters. The van der Waals surface area contributed by atoms with Gasteiger partial charge in [0, 0.05) is 44.1 Å². The summed E-state index contributed by atoms with van der Waals surface area (Å²) in [6.07, 6.45) is 0. The molecule has 7 aromatic carbocycles. The zero-order valence-corrected chi connectivity index (χ0v) is 34.5. The highest BCUT2D eigenvalue weighted by Gasteiger charge is 2.29. The van der Waals surface area contributed by atoms with Crippen LogP contribution in [0.1, 0.15) is 26.3 Å². The third-order valence-electron chi connectivity index (χ3n) is 12.3. The van der Waals surface area contributed by atoms with E-state index in [-0.39, 0.29) is 93.0 Å². The molecule has 9 aromatic rings. The van der Waals surface area contributed by atoms with Crippen LogP contribution in [0.3, 0.4) is 0 Å². The van der Waals surface area contributed by atoms with E-state index in [4.69, 9.17) is 110 Å². The van der Waals surface area contributed by atoms with E-state index in [0.717, 1.165) is 11.1 Å². The molecule has 2 heterocycles. The highest BCUT2D eigenvalue weighted by Crippen LogP contribution is 2.36. The van der Waals surface area contributed by atoms with Gasteiger partial charge in [0.2, 0.25) is 0 Å². The smallest absolute Gasteiger partial charge is 0.115 e. The first-order valence-corrected chi connectivity index (χ1v) is 19.7. The quantitative estimate of drug-likeness (QED) is 0.161. The van der Waals surface area contributed by atoms with Gasteiger partial charge >= 0.3 is 0 Å². The maximum atomic E-state index is 7.38. The van der Waals surface area contributed by atoms with E-state index in [1.807, 2.05) is 59.2 Å². The Morgan fingerprint density at radius 3 is 1.16 bits per heavy atom. The van der Waals surface area contributed by atoms with Crippen LogP contribution in [0.15, 0.2) is 78.9 Å². The topological polar surface area (TPSA) is 9.86 Å². The predicted molar refractivity (Wildman–Crippen MR) is 280 cm³/mol. The van der Waals surface area contributed by atoms with E-state index < -0.39 is 0 Å². The molecule has 0 aliphatic heterocycles. The molecule has 258 valence electrons. The maximum absolute atomic E-state index is 7.38. The second-order valence-electron chi connectivity index (χ2n) is 16.8. The largest absolute Gasteiger partial charge is 0.311 e. The van der Waals surface area contributed by atoms with E-state index in [1.165, 1.54) is 5.56 Å². The molecule has 62 heavy (non-hydrogen) atoms. The molecule has 16 heteroatoms. The molecular formula is C46H22B14N2. The molecule has 0 bridgehead atoms. The second kappa shape index (κ2) is 14.8. The summed E-state index contributed by atoms with van der Waals surface area (Å²) < 4.78 is 3.68. The highest BCUT2D eigenvalue weighted by atomic mass is 15.0. The van der Waals surface area contributed by atoms with Crippen LogP contribution in [-0.4, -0.2) is 119 Å². The fourth-order valence-corrected chi connectivity index (χ4v) is 9.06. The van der Waals surface area contributed by atoms with Crippen LogP contribution in [0.5, 0.6) is 0 Å². The molecule has 2 aromatic heterocycles. The molecule has 9 rings (SSSR count). The Labute approximate surface area is 381 Å². The van der Waals surface area contributed by atoms with Gasteiger partial charge in [-0.3, -0.25) is 0 Å². The molecule has 0 aliphatic carbocycles. The van der Waals surface area contributed by atoms with E-state index in [1.54, 1.807) is 4.57 Å². The summed E-state index contributed by atoms with van der Waals surface area (Å²) in [7, 11) is 96.6. The van der Waals surface area contributed by atoms with E-state index in [9.17, 15) is 0 Å². The van der Waals surface area contributed by atoms with Crippen LogP contribution in [0.2, 0.25) is 0 Å². The van der Waals surface area contributed by atoms with Crippen molar-refractivity contribution < 1.29 is 0 Å². The van der Waals surface area contributed by atoms with Crippen molar-refractivity contribution >= 4 is 230 Å². The second-order valence-corrected chi connectivity index (χ2v) is 16.8. The third kappa shape index (κ3) is 5.83. The summed E-state index contributed by atoms with van der Waals surface area (Å²) in [5, 5.41) is 1.54. The lowest BCUT2D eigenvalue weighted by atomic mass is 9.61. The lowest BCUT2D eigenvalue weighted by molar-refractivity contribution is 0.590. The molecule has 0 saturated carbocycles. The fraction of sp³-hybridized carbons (Fsp3) is 0.0870. The van der Waals surface area contributed by atoms with Crippen molar-refractivity contribution in [3.8, 4) is 33.6 Å². The number of benzene rings is 7. The Kier molecular flexibility index (Phi) is 10.1. The number of fused-ring (bicyclic) bond motifs is 6. The molecule has 0 saturated heterocycles. The standard InChI is InChI=1S/C46H22B14N2/c1-46(2,3)18-15-13-17(14-16-18)20-11-7-8-12-21(20)62-44-25(27-33(52)35(54)37(56)41(60)45(27)62)29(48)23(31(50)39(44)58)22-28(47)24-26-32(51)34(53)36(55)40(59)43(26)61(19-9-5-4-6-10-19)42(24)38(57)30(22)49/h4-16H,1-3H3.